The molecular formula is C19H26N4O3. The highest BCUT2D eigenvalue weighted by molar-refractivity contribution is 5.93. The molecule has 0 aromatic carbocycles. The molecule has 3 fully saturated rings. The van der Waals surface area contributed by atoms with Crippen LogP contribution in [0.4, 0.5) is 0 Å². The standard InChI is InChI=1S/C19H26N4O3/c24-16-6-8-19(12-23(16)14-4-1-2-5-14)7-3-9-22(11-19)18(26)15-10-20-13-21-17(15)25/h10,13-14H,1-9,11-12H2,(H,20,21,25)/t19-/m1/s1. The van der Waals surface area contributed by atoms with E-state index < -0.39 is 5.56 Å². The van der Waals surface area contributed by atoms with E-state index in [1.165, 1.54) is 25.4 Å². The van der Waals surface area contributed by atoms with Crippen molar-refractivity contribution in [2.75, 3.05) is 19.6 Å². The second-order valence-corrected chi connectivity index (χ2v) is 8.08. The largest absolute Gasteiger partial charge is 0.339 e. The van der Waals surface area contributed by atoms with Gasteiger partial charge in [0.2, 0.25) is 5.91 Å². The summed E-state index contributed by atoms with van der Waals surface area (Å²) in [5, 5.41) is 0. The first kappa shape index (κ1) is 17.2. The average Bonchev–Trinajstić information content (AvgIpc) is 3.19. The molecule has 7 nitrogen and oxygen atoms in total. The molecule has 1 aromatic heterocycles. The van der Waals surface area contributed by atoms with Crippen LogP contribution in [0.3, 0.4) is 0 Å². The van der Waals surface area contributed by atoms with Crippen molar-refractivity contribution in [1.82, 2.24) is 19.8 Å². The zero-order valence-corrected chi connectivity index (χ0v) is 15.1. The smallest absolute Gasteiger partial charge is 0.263 e. The van der Waals surface area contributed by atoms with Gasteiger partial charge in [-0.1, -0.05) is 12.8 Å². The van der Waals surface area contributed by atoms with E-state index in [0.717, 1.165) is 38.6 Å². The molecule has 1 atom stereocenters. The zero-order chi connectivity index (χ0) is 18.1. The molecule has 1 aromatic rings. The number of nitrogens with zero attached hydrogens (tertiary/aromatic N) is 3. The van der Waals surface area contributed by atoms with Crippen LogP contribution in [0.25, 0.3) is 0 Å². The lowest BCUT2D eigenvalue weighted by Gasteiger charge is -2.49. The van der Waals surface area contributed by atoms with E-state index in [2.05, 4.69) is 14.9 Å². The van der Waals surface area contributed by atoms with E-state index in [4.69, 9.17) is 0 Å². The van der Waals surface area contributed by atoms with Crippen LogP contribution in [-0.2, 0) is 4.79 Å². The summed E-state index contributed by atoms with van der Waals surface area (Å²) in [6.45, 7) is 2.03. The summed E-state index contributed by atoms with van der Waals surface area (Å²) in [4.78, 5) is 47.5. The van der Waals surface area contributed by atoms with Crippen LogP contribution in [0.2, 0.25) is 0 Å². The Labute approximate surface area is 152 Å². The minimum Gasteiger partial charge on any atom is -0.339 e. The number of aromatic amines is 1. The molecule has 1 spiro atoms. The van der Waals surface area contributed by atoms with E-state index >= 15 is 0 Å². The molecule has 26 heavy (non-hydrogen) atoms. The Kier molecular flexibility index (Phi) is 4.54. The number of piperidine rings is 2. The Morgan fingerprint density at radius 3 is 2.73 bits per heavy atom. The highest BCUT2D eigenvalue weighted by atomic mass is 16.2. The van der Waals surface area contributed by atoms with Crippen LogP contribution in [0, 0.1) is 5.41 Å². The number of rotatable bonds is 2. The summed E-state index contributed by atoms with van der Waals surface area (Å²) in [6.07, 6.45) is 10.6. The summed E-state index contributed by atoms with van der Waals surface area (Å²) in [6, 6.07) is 0.381. The van der Waals surface area contributed by atoms with E-state index in [0.29, 0.717) is 25.6 Å². The van der Waals surface area contributed by atoms with Gasteiger partial charge in [0, 0.05) is 43.7 Å². The molecular weight excluding hydrogens is 332 g/mol. The van der Waals surface area contributed by atoms with Crippen LogP contribution in [0.15, 0.2) is 17.3 Å². The third-order valence-electron chi connectivity index (χ3n) is 6.36. The van der Waals surface area contributed by atoms with E-state index in [1.54, 1.807) is 4.90 Å². The lowest BCUT2D eigenvalue weighted by Crippen LogP contribution is -2.57. The third-order valence-corrected chi connectivity index (χ3v) is 6.36. The first-order valence-electron chi connectivity index (χ1n) is 9.69. The molecule has 1 N–H and O–H groups in total. The SMILES string of the molecule is O=C(c1cnc[nH]c1=O)N1CCC[C@@]2(CCC(=O)N(C3CCCC3)C2)C1. The van der Waals surface area contributed by atoms with Crippen LogP contribution in [0.5, 0.6) is 0 Å². The summed E-state index contributed by atoms with van der Waals surface area (Å²) in [7, 11) is 0. The highest BCUT2D eigenvalue weighted by Crippen LogP contribution is 2.41. The quantitative estimate of drug-likeness (QED) is 0.869. The predicted molar refractivity (Wildman–Crippen MR) is 95.6 cm³/mol. The van der Waals surface area contributed by atoms with Gasteiger partial charge in [0.25, 0.3) is 11.5 Å². The van der Waals surface area contributed by atoms with Crippen molar-refractivity contribution in [3.63, 3.8) is 0 Å². The maximum Gasteiger partial charge on any atom is 0.263 e. The highest BCUT2D eigenvalue weighted by Gasteiger charge is 2.44. The van der Waals surface area contributed by atoms with Gasteiger partial charge in [0.1, 0.15) is 5.56 Å². The summed E-state index contributed by atoms with van der Waals surface area (Å²) in [5.41, 5.74) is -0.320. The molecule has 3 aliphatic rings. The van der Waals surface area contributed by atoms with Gasteiger partial charge in [-0.25, -0.2) is 4.98 Å². The van der Waals surface area contributed by atoms with Crippen molar-refractivity contribution in [2.45, 2.75) is 57.4 Å². The molecule has 140 valence electrons. The number of hydrogen-bond donors (Lipinski definition) is 1. The van der Waals surface area contributed by atoms with Crippen LogP contribution in [-0.4, -0.2) is 57.3 Å². The first-order chi connectivity index (χ1) is 12.6. The van der Waals surface area contributed by atoms with Crippen LogP contribution < -0.4 is 5.56 Å². The van der Waals surface area contributed by atoms with E-state index in [9.17, 15) is 14.4 Å². The number of likely N-dealkylation sites (tertiary alicyclic amines) is 2. The molecule has 0 unspecified atom stereocenters. The van der Waals surface area contributed by atoms with Gasteiger partial charge >= 0.3 is 0 Å². The van der Waals surface area contributed by atoms with Crippen LogP contribution in [0.1, 0.15) is 61.7 Å². The molecule has 0 radical (unpaired) electrons. The molecule has 2 aliphatic heterocycles. The summed E-state index contributed by atoms with van der Waals surface area (Å²) in [5.74, 6) is 0.0254. The van der Waals surface area contributed by atoms with Crippen LogP contribution >= 0.6 is 0 Å². The van der Waals surface area contributed by atoms with Gasteiger partial charge in [0.05, 0.1) is 6.33 Å². The fraction of sp³-hybridized carbons (Fsp3) is 0.684. The molecule has 1 saturated carbocycles. The second-order valence-electron chi connectivity index (χ2n) is 8.08. The Bertz CT molecular complexity index is 755. The number of aromatic nitrogens is 2. The summed E-state index contributed by atoms with van der Waals surface area (Å²) < 4.78 is 0. The molecule has 2 amide bonds. The van der Waals surface area contributed by atoms with Gasteiger partial charge < -0.3 is 14.8 Å². The number of hydrogen-bond acceptors (Lipinski definition) is 4. The molecule has 2 saturated heterocycles. The maximum absolute atomic E-state index is 12.8. The van der Waals surface area contributed by atoms with Crippen molar-refractivity contribution in [1.29, 1.82) is 0 Å². The topological polar surface area (TPSA) is 86.4 Å². The molecule has 7 heteroatoms. The Balaban J connectivity index is 1.52. The first-order valence-corrected chi connectivity index (χ1v) is 9.69. The minimum absolute atomic E-state index is 0.0284. The van der Waals surface area contributed by atoms with Gasteiger partial charge in [0.15, 0.2) is 0 Å². The normalized spacial score (nSPS) is 27.3. The Morgan fingerprint density at radius 1 is 1.15 bits per heavy atom. The number of carbonyl (C=O) groups is 2. The average molecular weight is 358 g/mol. The van der Waals surface area contributed by atoms with Gasteiger partial charge in [-0.05, 0) is 32.1 Å². The number of carbonyl (C=O) groups excluding carboxylic acids is 2. The molecule has 3 heterocycles. The van der Waals surface area contributed by atoms with Gasteiger partial charge in [-0.3, -0.25) is 14.4 Å². The second kappa shape index (κ2) is 6.85. The van der Waals surface area contributed by atoms with Gasteiger partial charge in [-0.2, -0.15) is 0 Å². The summed E-state index contributed by atoms with van der Waals surface area (Å²) >= 11 is 0. The Morgan fingerprint density at radius 2 is 1.96 bits per heavy atom. The number of nitrogens with one attached hydrogen (secondary N) is 1. The third kappa shape index (κ3) is 3.15. The molecule has 1 aliphatic carbocycles. The van der Waals surface area contributed by atoms with Crippen molar-refractivity contribution < 1.29 is 9.59 Å². The lowest BCUT2D eigenvalue weighted by atomic mass is 9.73. The fourth-order valence-electron chi connectivity index (χ4n) is 4.97. The van der Waals surface area contributed by atoms with Crippen molar-refractivity contribution in [2.24, 2.45) is 5.41 Å². The van der Waals surface area contributed by atoms with E-state index in [-0.39, 0.29) is 22.8 Å². The predicted octanol–water partition coefficient (Wildman–Crippen LogP) is 1.56. The van der Waals surface area contributed by atoms with Gasteiger partial charge in [-0.15, -0.1) is 0 Å². The lowest BCUT2D eigenvalue weighted by molar-refractivity contribution is -0.142. The zero-order valence-electron chi connectivity index (χ0n) is 15.1. The molecule has 0 bridgehead atoms. The fourth-order valence-corrected chi connectivity index (χ4v) is 4.97. The maximum atomic E-state index is 12.8. The number of H-pyrrole nitrogens is 1. The van der Waals surface area contributed by atoms with Crippen molar-refractivity contribution >= 4 is 11.8 Å². The van der Waals surface area contributed by atoms with Crippen molar-refractivity contribution in [3.8, 4) is 0 Å². The Hall–Kier alpha value is -2.18. The van der Waals surface area contributed by atoms with Crippen molar-refractivity contribution in [3.05, 3.63) is 28.4 Å². The monoisotopic (exact) mass is 358 g/mol. The van der Waals surface area contributed by atoms with E-state index in [1.807, 2.05) is 0 Å². The molecule has 4 rings (SSSR count). The minimum atomic E-state index is -0.393. The number of amides is 2.